The fraction of sp³-hybridized carbons (Fsp3) is 0.471. The van der Waals surface area contributed by atoms with E-state index < -0.39 is 36.5 Å². The van der Waals surface area contributed by atoms with Crippen molar-refractivity contribution in [3.8, 4) is 5.75 Å². The second kappa shape index (κ2) is 7.67. The zero-order valence-corrected chi connectivity index (χ0v) is 14.7. The second-order valence-electron chi connectivity index (χ2n) is 6.23. The Kier molecular flexibility index (Phi) is 5.79. The van der Waals surface area contributed by atoms with Crippen LogP contribution < -0.4 is 15.4 Å². The number of benzene rings is 1. The monoisotopic (exact) mass is 369 g/mol. The third-order valence-corrected chi connectivity index (χ3v) is 4.25. The van der Waals surface area contributed by atoms with Gasteiger partial charge in [0.25, 0.3) is 5.91 Å². The molecule has 0 radical (unpaired) electrons. The molecule has 2 atom stereocenters. The van der Waals surface area contributed by atoms with E-state index in [0.29, 0.717) is 5.56 Å². The zero-order valence-electron chi connectivity index (χ0n) is 14.7. The van der Waals surface area contributed by atoms with Gasteiger partial charge in [0.05, 0.1) is 0 Å². The lowest BCUT2D eigenvalue weighted by molar-refractivity contribution is -0.135. The van der Waals surface area contributed by atoms with Crippen LogP contribution in [-0.4, -0.2) is 41.9 Å². The van der Waals surface area contributed by atoms with Crippen LogP contribution in [-0.2, 0) is 15.1 Å². The smallest absolute Gasteiger partial charge is 0.387 e. The number of ether oxygens (including phenoxy) is 1. The summed E-state index contributed by atoms with van der Waals surface area (Å²) >= 11 is 0. The minimum absolute atomic E-state index is 0.0612. The summed E-state index contributed by atoms with van der Waals surface area (Å²) in [7, 11) is 0. The summed E-state index contributed by atoms with van der Waals surface area (Å²) in [6.45, 7) is 1.86. The topological polar surface area (TPSA) is 87.7 Å². The van der Waals surface area contributed by atoms with Gasteiger partial charge in [0, 0.05) is 6.04 Å². The molecule has 1 aromatic carbocycles. The Morgan fingerprint density at radius 1 is 1.31 bits per heavy atom. The third-order valence-electron chi connectivity index (χ3n) is 4.25. The normalized spacial score (nSPS) is 20.9. The summed E-state index contributed by atoms with van der Waals surface area (Å²) in [6.07, 6.45) is 0.719. The van der Waals surface area contributed by atoms with Crippen molar-refractivity contribution < 1.29 is 27.9 Å². The van der Waals surface area contributed by atoms with Crippen LogP contribution in [0.15, 0.2) is 24.3 Å². The summed E-state index contributed by atoms with van der Waals surface area (Å²) in [5.74, 6) is -1.09. The Bertz CT molecular complexity index is 696. The molecule has 0 spiro atoms. The van der Waals surface area contributed by atoms with Gasteiger partial charge in [-0.1, -0.05) is 19.1 Å². The standard InChI is InChI=1S/C17H21F2N3O4/c1-4-10(2)20-13(23)9-22-14(24)17(3,21-16(22)25)11-5-7-12(8-6-11)26-15(18)19/h5-8,10,15H,4,9H2,1-3H3,(H,20,23)(H,21,25)/t10-,17+/m0/s1. The average molecular weight is 369 g/mol. The van der Waals surface area contributed by atoms with Gasteiger partial charge in [-0.25, -0.2) is 4.79 Å². The van der Waals surface area contributed by atoms with Gasteiger partial charge in [0.1, 0.15) is 17.8 Å². The molecule has 142 valence electrons. The molecule has 1 fully saturated rings. The number of imide groups is 1. The van der Waals surface area contributed by atoms with E-state index in [1.807, 2.05) is 13.8 Å². The van der Waals surface area contributed by atoms with E-state index in [1.54, 1.807) is 0 Å². The molecule has 26 heavy (non-hydrogen) atoms. The predicted octanol–water partition coefficient (Wildman–Crippen LogP) is 1.97. The second-order valence-corrected chi connectivity index (χ2v) is 6.23. The van der Waals surface area contributed by atoms with E-state index in [0.717, 1.165) is 11.3 Å². The number of rotatable bonds is 7. The first-order valence-corrected chi connectivity index (χ1v) is 8.16. The van der Waals surface area contributed by atoms with Crippen LogP contribution in [0.25, 0.3) is 0 Å². The van der Waals surface area contributed by atoms with E-state index in [2.05, 4.69) is 15.4 Å². The highest BCUT2D eigenvalue weighted by Crippen LogP contribution is 2.30. The number of amides is 4. The number of carbonyl (C=O) groups excluding carboxylic acids is 3. The molecule has 2 N–H and O–H groups in total. The SMILES string of the molecule is CC[C@H](C)NC(=O)CN1C(=O)N[C@](C)(c2ccc(OC(F)F)cc2)C1=O. The predicted molar refractivity (Wildman–Crippen MR) is 88.6 cm³/mol. The average Bonchev–Trinajstić information content (AvgIpc) is 2.79. The Morgan fingerprint density at radius 2 is 1.92 bits per heavy atom. The van der Waals surface area contributed by atoms with Gasteiger partial charge >= 0.3 is 12.6 Å². The maximum absolute atomic E-state index is 12.7. The van der Waals surface area contributed by atoms with Crippen molar-refractivity contribution in [1.82, 2.24) is 15.5 Å². The van der Waals surface area contributed by atoms with E-state index in [9.17, 15) is 23.2 Å². The first kappa shape index (κ1) is 19.6. The van der Waals surface area contributed by atoms with E-state index in [1.165, 1.54) is 31.2 Å². The van der Waals surface area contributed by atoms with Crippen LogP contribution in [0, 0.1) is 0 Å². The number of hydrogen-bond donors (Lipinski definition) is 2. The molecule has 9 heteroatoms. The van der Waals surface area contributed by atoms with Crippen LogP contribution in [0.4, 0.5) is 13.6 Å². The fourth-order valence-electron chi connectivity index (χ4n) is 2.57. The first-order chi connectivity index (χ1) is 12.2. The maximum atomic E-state index is 12.7. The van der Waals surface area contributed by atoms with Crippen LogP contribution >= 0.6 is 0 Å². The van der Waals surface area contributed by atoms with E-state index in [4.69, 9.17) is 0 Å². The number of halogens is 2. The van der Waals surface area contributed by atoms with Crippen molar-refractivity contribution in [2.75, 3.05) is 6.54 Å². The van der Waals surface area contributed by atoms with Gasteiger partial charge in [-0.3, -0.25) is 14.5 Å². The van der Waals surface area contributed by atoms with Crippen molar-refractivity contribution in [3.05, 3.63) is 29.8 Å². The summed E-state index contributed by atoms with van der Waals surface area (Å²) in [5.41, 5.74) is -1.00. The number of urea groups is 1. The lowest BCUT2D eigenvalue weighted by Crippen LogP contribution is -2.44. The molecule has 2 rings (SSSR count). The van der Waals surface area contributed by atoms with Gasteiger partial charge in [-0.05, 0) is 38.0 Å². The molecular weight excluding hydrogens is 348 g/mol. The molecule has 1 aromatic rings. The lowest BCUT2D eigenvalue weighted by Gasteiger charge is -2.22. The van der Waals surface area contributed by atoms with Crippen molar-refractivity contribution in [2.24, 2.45) is 0 Å². The van der Waals surface area contributed by atoms with Crippen molar-refractivity contribution >= 4 is 17.8 Å². The number of carbonyl (C=O) groups is 3. The minimum atomic E-state index is -2.95. The molecule has 7 nitrogen and oxygen atoms in total. The fourth-order valence-corrected chi connectivity index (χ4v) is 2.57. The van der Waals surface area contributed by atoms with E-state index in [-0.39, 0.29) is 11.8 Å². The highest BCUT2D eigenvalue weighted by molar-refractivity contribution is 6.09. The number of alkyl halides is 2. The summed E-state index contributed by atoms with van der Waals surface area (Å²) in [5, 5.41) is 5.24. The zero-order chi connectivity index (χ0) is 19.5. The lowest BCUT2D eigenvalue weighted by atomic mass is 9.92. The summed E-state index contributed by atoms with van der Waals surface area (Å²) in [6, 6.07) is 4.63. The molecule has 1 saturated heterocycles. The number of hydrogen-bond acceptors (Lipinski definition) is 4. The quantitative estimate of drug-likeness (QED) is 0.720. The third kappa shape index (κ3) is 4.09. The molecule has 4 amide bonds. The first-order valence-electron chi connectivity index (χ1n) is 8.16. The highest BCUT2D eigenvalue weighted by atomic mass is 19.3. The van der Waals surface area contributed by atoms with Crippen LogP contribution in [0.1, 0.15) is 32.8 Å². The van der Waals surface area contributed by atoms with Crippen molar-refractivity contribution in [1.29, 1.82) is 0 Å². The molecule has 0 bridgehead atoms. The van der Waals surface area contributed by atoms with Crippen LogP contribution in [0.3, 0.4) is 0 Å². The molecule has 1 heterocycles. The van der Waals surface area contributed by atoms with Gasteiger partial charge < -0.3 is 15.4 Å². The van der Waals surface area contributed by atoms with Gasteiger partial charge in [-0.15, -0.1) is 0 Å². The van der Waals surface area contributed by atoms with Crippen molar-refractivity contribution in [2.45, 2.75) is 45.4 Å². The Labute approximate surface area is 149 Å². The number of nitrogens with one attached hydrogen (secondary N) is 2. The molecule has 1 aliphatic rings. The molecular formula is C17H21F2N3O4. The van der Waals surface area contributed by atoms with Crippen molar-refractivity contribution in [3.63, 3.8) is 0 Å². The number of nitrogens with zero attached hydrogens (tertiary/aromatic N) is 1. The summed E-state index contributed by atoms with van der Waals surface area (Å²) in [4.78, 5) is 37.7. The van der Waals surface area contributed by atoms with Gasteiger partial charge in [-0.2, -0.15) is 8.78 Å². The minimum Gasteiger partial charge on any atom is -0.435 e. The summed E-state index contributed by atoms with van der Waals surface area (Å²) < 4.78 is 28.7. The Balaban J connectivity index is 2.14. The largest absolute Gasteiger partial charge is 0.435 e. The highest BCUT2D eigenvalue weighted by Gasteiger charge is 2.49. The molecule has 1 aliphatic heterocycles. The molecule has 0 unspecified atom stereocenters. The van der Waals surface area contributed by atoms with Crippen LogP contribution in [0.2, 0.25) is 0 Å². The Morgan fingerprint density at radius 3 is 2.46 bits per heavy atom. The molecule has 0 aromatic heterocycles. The molecule has 0 saturated carbocycles. The Hall–Kier alpha value is -2.71. The molecule has 0 aliphatic carbocycles. The van der Waals surface area contributed by atoms with Gasteiger partial charge in [0.2, 0.25) is 5.91 Å². The van der Waals surface area contributed by atoms with E-state index >= 15 is 0 Å². The maximum Gasteiger partial charge on any atom is 0.387 e. The van der Waals surface area contributed by atoms with Gasteiger partial charge in [0.15, 0.2) is 0 Å². The van der Waals surface area contributed by atoms with Crippen LogP contribution in [0.5, 0.6) is 5.75 Å².